The molecule has 30 heavy (non-hydrogen) atoms. The summed E-state index contributed by atoms with van der Waals surface area (Å²) in [5.41, 5.74) is 1.11. The van der Waals surface area contributed by atoms with Crippen LogP contribution in [0.4, 0.5) is 0 Å². The van der Waals surface area contributed by atoms with E-state index in [9.17, 15) is 0 Å². The zero-order valence-electron chi connectivity index (χ0n) is 18.9. The molecule has 1 heterocycles. The molecular weight excluding hydrogens is 495 g/mol. The van der Waals surface area contributed by atoms with Crippen LogP contribution in [-0.2, 0) is 16.0 Å². The Kier molecular flexibility index (Phi) is 14.1. The Morgan fingerprint density at radius 1 is 1.30 bits per heavy atom. The van der Waals surface area contributed by atoms with Crippen LogP contribution in [0.5, 0.6) is 5.75 Å². The summed E-state index contributed by atoms with van der Waals surface area (Å²) in [5.74, 6) is 2.33. The second-order valence-electron chi connectivity index (χ2n) is 7.71. The largest absolute Gasteiger partial charge is 0.491 e. The van der Waals surface area contributed by atoms with Gasteiger partial charge in [-0.3, -0.25) is 4.90 Å². The van der Waals surface area contributed by atoms with E-state index in [1.807, 2.05) is 18.2 Å². The number of nitrogens with zero attached hydrogens (tertiary/aromatic N) is 2. The zero-order valence-corrected chi connectivity index (χ0v) is 21.2. The quantitative estimate of drug-likeness (QED) is 0.197. The Morgan fingerprint density at radius 3 is 2.87 bits per heavy atom. The number of hydrogen-bond donors (Lipinski definition) is 2. The first-order valence-corrected chi connectivity index (χ1v) is 10.7. The highest BCUT2D eigenvalue weighted by atomic mass is 127. The molecular formula is C22H39IN4O3. The summed E-state index contributed by atoms with van der Waals surface area (Å²) in [4.78, 5) is 7.20. The van der Waals surface area contributed by atoms with Crippen molar-refractivity contribution in [3.05, 3.63) is 29.8 Å². The summed E-state index contributed by atoms with van der Waals surface area (Å²) in [6, 6.07) is 8.03. The maximum absolute atomic E-state index is 5.93. The van der Waals surface area contributed by atoms with E-state index in [-0.39, 0.29) is 30.1 Å². The van der Waals surface area contributed by atoms with Gasteiger partial charge in [0.1, 0.15) is 12.4 Å². The second-order valence-corrected chi connectivity index (χ2v) is 7.71. The number of ether oxygens (including phenoxy) is 3. The summed E-state index contributed by atoms with van der Waals surface area (Å²) in [6.07, 6.45) is 0.184. The maximum atomic E-state index is 5.93. The van der Waals surface area contributed by atoms with Gasteiger partial charge < -0.3 is 24.8 Å². The predicted octanol–water partition coefficient (Wildman–Crippen LogP) is 2.74. The van der Waals surface area contributed by atoms with Crippen molar-refractivity contribution in [3.63, 3.8) is 0 Å². The van der Waals surface area contributed by atoms with Gasteiger partial charge in [-0.15, -0.1) is 24.0 Å². The molecule has 2 N–H and O–H groups in total. The molecule has 7 nitrogen and oxygen atoms in total. The van der Waals surface area contributed by atoms with Gasteiger partial charge >= 0.3 is 0 Å². The number of rotatable bonds is 11. The smallest absolute Gasteiger partial charge is 0.191 e. The highest BCUT2D eigenvalue weighted by Crippen LogP contribution is 2.14. The van der Waals surface area contributed by atoms with E-state index in [1.165, 1.54) is 0 Å². The van der Waals surface area contributed by atoms with E-state index in [0.29, 0.717) is 25.7 Å². The van der Waals surface area contributed by atoms with Crippen LogP contribution >= 0.6 is 24.0 Å². The van der Waals surface area contributed by atoms with Gasteiger partial charge in [-0.2, -0.15) is 0 Å². The van der Waals surface area contributed by atoms with Gasteiger partial charge in [0.15, 0.2) is 5.96 Å². The number of nitrogens with one attached hydrogen (secondary N) is 2. The number of guanidine groups is 1. The second kappa shape index (κ2) is 15.7. The summed E-state index contributed by atoms with van der Waals surface area (Å²) >= 11 is 0. The molecule has 2 rings (SSSR count). The SMILES string of the molecule is CCNC(=NCc1cccc(OCCOC)c1)NCC1CN(CC(C)C)CCO1.I. The summed E-state index contributed by atoms with van der Waals surface area (Å²) < 4.78 is 16.6. The Bertz CT molecular complexity index is 616. The third-order valence-electron chi connectivity index (χ3n) is 4.56. The first-order chi connectivity index (χ1) is 14.1. The average molecular weight is 534 g/mol. The fraction of sp³-hybridized carbons (Fsp3) is 0.682. The molecule has 1 aliphatic rings. The van der Waals surface area contributed by atoms with Crippen LogP contribution in [-0.4, -0.2) is 76.6 Å². The molecule has 0 spiro atoms. The van der Waals surface area contributed by atoms with Gasteiger partial charge in [-0.1, -0.05) is 26.0 Å². The van der Waals surface area contributed by atoms with Crippen LogP contribution in [0, 0.1) is 5.92 Å². The zero-order chi connectivity index (χ0) is 20.9. The predicted molar refractivity (Wildman–Crippen MR) is 133 cm³/mol. The van der Waals surface area contributed by atoms with E-state index in [2.05, 4.69) is 42.4 Å². The minimum atomic E-state index is 0. The lowest BCUT2D eigenvalue weighted by Crippen LogP contribution is -2.50. The van der Waals surface area contributed by atoms with Crippen molar-refractivity contribution in [2.45, 2.75) is 33.4 Å². The van der Waals surface area contributed by atoms with E-state index >= 15 is 0 Å². The van der Waals surface area contributed by atoms with Gasteiger partial charge in [0.2, 0.25) is 0 Å². The molecule has 0 saturated carbocycles. The van der Waals surface area contributed by atoms with Crippen molar-refractivity contribution in [2.75, 3.05) is 59.7 Å². The van der Waals surface area contributed by atoms with E-state index in [4.69, 9.17) is 19.2 Å². The van der Waals surface area contributed by atoms with Gasteiger partial charge in [-0.25, -0.2) is 4.99 Å². The monoisotopic (exact) mass is 534 g/mol. The number of methoxy groups -OCH3 is 1. The molecule has 0 aromatic heterocycles. The number of hydrogen-bond acceptors (Lipinski definition) is 5. The Labute approximate surface area is 199 Å². The van der Waals surface area contributed by atoms with Gasteiger partial charge in [0.05, 0.1) is 25.9 Å². The molecule has 8 heteroatoms. The number of halogens is 1. The summed E-state index contributed by atoms with van der Waals surface area (Å²) in [6.45, 7) is 13.8. The normalized spacial score (nSPS) is 17.5. The molecule has 1 unspecified atom stereocenters. The highest BCUT2D eigenvalue weighted by molar-refractivity contribution is 14.0. The molecule has 1 aliphatic heterocycles. The minimum Gasteiger partial charge on any atom is -0.491 e. The number of aliphatic imine (C=N–C) groups is 1. The van der Waals surface area contributed by atoms with Crippen LogP contribution in [0.15, 0.2) is 29.3 Å². The number of morpholine rings is 1. The van der Waals surface area contributed by atoms with Gasteiger partial charge in [-0.05, 0) is 30.5 Å². The molecule has 1 aromatic rings. The first-order valence-electron chi connectivity index (χ1n) is 10.7. The van der Waals surface area contributed by atoms with Crippen molar-refractivity contribution >= 4 is 29.9 Å². The van der Waals surface area contributed by atoms with Crippen molar-refractivity contribution in [1.29, 1.82) is 0 Å². The van der Waals surface area contributed by atoms with E-state index in [0.717, 1.165) is 56.6 Å². The first kappa shape index (κ1) is 26.9. The van der Waals surface area contributed by atoms with Crippen LogP contribution in [0.1, 0.15) is 26.3 Å². The van der Waals surface area contributed by atoms with Crippen molar-refractivity contribution in [1.82, 2.24) is 15.5 Å². The fourth-order valence-electron chi connectivity index (χ4n) is 3.29. The molecule has 172 valence electrons. The lowest BCUT2D eigenvalue weighted by molar-refractivity contribution is -0.0284. The standard InChI is InChI=1S/C22H38N4O3.HI/c1-5-23-22(25-15-21-17-26(9-10-28-21)16-18(2)3)24-14-19-7-6-8-20(13-19)29-12-11-27-4;/h6-8,13,18,21H,5,9-12,14-17H2,1-4H3,(H2,23,24,25);1H. The van der Waals surface area contributed by atoms with E-state index < -0.39 is 0 Å². The topological polar surface area (TPSA) is 67.4 Å². The lowest BCUT2D eigenvalue weighted by atomic mass is 10.2. The molecule has 0 radical (unpaired) electrons. The van der Waals surface area contributed by atoms with Crippen LogP contribution in [0.25, 0.3) is 0 Å². The van der Waals surface area contributed by atoms with Gasteiger partial charge in [0.25, 0.3) is 0 Å². The van der Waals surface area contributed by atoms with E-state index in [1.54, 1.807) is 7.11 Å². The van der Waals surface area contributed by atoms with Crippen molar-refractivity contribution in [3.8, 4) is 5.75 Å². The molecule has 1 saturated heterocycles. The van der Waals surface area contributed by atoms with Crippen LogP contribution in [0.2, 0.25) is 0 Å². The molecule has 0 amide bonds. The maximum Gasteiger partial charge on any atom is 0.191 e. The summed E-state index contributed by atoms with van der Waals surface area (Å²) in [7, 11) is 1.67. The third-order valence-corrected chi connectivity index (χ3v) is 4.56. The molecule has 0 bridgehead atoms. The average Bonchev–Trinajstić information content (AvgIpc) is 2.70. The Balaban J connectivity index is 0.00000450. The lowest BCUT2D eigenvalue weighted by Gasteiger charge is -2.34. The summed E-state index contributed by atoms with van der Waals surface area (Å²) in [5, 5.41) is 6.74. The molecule has 1 fully saturated rings. The van der Waals surface area contributed by atoms with Crippen molar-refractivity contribution < 1.29 is 14.2 Å². The van der Waals surface area contributed by atoms with Crippen molar-refractivity contribution in [2.24, 2.45) is 10.9 Å². The minimum absolute atomic E-state index is 0. The van der Waals surface area contributed by atoms with Crippen LogP contribution in [0.3, 0.4) is 0 Å². The fourth-order valence-corrected chi connectivity index (χ4v) is 3.29. The van der Waals surface area contributed by atoms with Crippen LogP contribution < -0.4 is 15.4 Å². The molecule has 1 aromatic carbocycles. The van der Waals surface area contributed by atoms with Gasteiger partial charge in [0, 0.05) is 39.8 Å². The molecule has 1 atom stereocenters. The molecule has 0 aliphatic carbocycles. The number of benzene rings is 1. The Morgan fingerprint density at radius 2 is 2.13 bits per heavy atom. The Hall–Kier alpha value is -1.10. The third kappa shape index (κ3) is 10.8. The highest BCUT2D eigenvalue weighted by Gasteiger charge is 2.21.